The van der Waals surface area contributed by atoms with Crippen LogP contribution in [0.25, 0.3) is 22.0 Å². The van der Waals surface area contributed by atoms with Crippen LogP contribution in [-0.4, -0.2) is 38.8 Å². The molecule has 2 aromatic heterocycles. The van der Waals surface area contributed by atoms with Gasteiger partial charge in [-0.3, -0.25) is 19.9 Å². The van der Waals surface area contributed by atoms with Gasteiger partial charge in [-0.2, -0.15) is 18.3 Å². The lowest BCUT2D eigenvalue weighted by atomic mass is 9.89. The Labute approximate surface area is 247 Å². The topological polar surface area (TPSA) is 75.1 Å². The number of aromatic nitrogens is 3. The minimum absolute atomic E-state index is 0.0505. The highest BCUT2D eigenvalue weighted by Gasteiger charge is 2.34. The number of anilines is 2. The molecule has 6 rings (SSSR count). The number of amides is 2. The van der Waals surface area contributed by atoms with Crippen molar-refractivity contribution in [3.63, 3.8) is 0 Å². The van der Waals surface area contributed by atoms with Gasteiger partial charge in [-0.15, -0.1) is 0 Å². The summed E-state index contributed by atoms with van der Waals surface area (Å²) in [5, 5.41) is 11.5. The van der Waals surface area contributed by atoms with E-state index in [0.717, 1.165) is 54.0 Å². The Balaban J connectivity index is 1.11. The first-order valence-corrected chi connectivity index (χ1v) is 14.2. The number of pyridine rings is 1. The summed E-state index contributed by atoms with van der Waals surface area (Å²) in [7, 11) is 1.75. The van der Waals surface area contributed by atoms with Gasteiger partial charge in [-0.25, -0.2) is 4.79 Å². The molecule has 0 unspecified atom stereocenters. The van der Waals surface area contributed by atoms with E-state index in [0.29, 0.717) is 5.92 Å². The Morgan fingerprint density at radius 1 is 0.930 bits per heavy atom. The smallest absolute Gasteiger partial charge is 0.308 e. The number of hydrogen-bond donors (Lipinski definition) is 2. The molecule has 0 bridgehead atoms. The number of urea groups is 1. The van der Waals surface area contributed by atoms with Crippen molar-refractivity contribution in [3.8, 4) is 11.3 Å². The third-order valence-corrected chi connectivity index (χ3v) is 7.98. The lowest BCUT2D eigenvalue weighted by Crippen LogP contribution is -2.33. The number of nitrogens with zero attached hydrogens (tertiary/aromatic N) is 4. The lowest BCUT2D eigenvalue weighted by molar-refractivity contribution is -0.138. The first-order valence-electron chi connectivity index (χ1n) is 14.2. The summed E-state index contributed by atoms with van der Waals surface area (Å²) in [6.45, 7) is 1.65. The van der Waals surface area contributed by atoms with E-state index in [2.05, 4.69) is 37.7 Å². The number of aryl methyl sites for hydroxylation is 1. The van der Waals surface area contributed by atoms with Crippen LogP contribution in [0.15, 0.2) is 91.3 Å². The van der Waals surface area contributed by atoms with Crippen LogP contribution < -0.4 is 10.6 Å². The Bertz CT molecular complexity index is 1740. The zero-order valence-corrected chi connectivity index (χ0v) is 23.6. The molecule has 5 aromatic rings. The van der Waals surface area contributed by atoms with E-state index in [4.69, 9.17) is 0 Å². The van der Waals surface area contributed by atoms with Gasteiger partial charge in [-0.05, 0) is 72.6 Å². The van der Waals surface area contributed by atoms with Crippen LogP contribution in [0, 0.1) is 0 Å². The molecule has 1 saturated heterocycles. The monoisotopic (exact) mass is 584 g/mol. The number of carbonyl (C=O) groups is 1. The van der Waals surface area contributed by atoms with Crippen LogP contribution in [-0.2, 0) is 19.8 Å². The molecule has 0 radical (unpaired) electrons. The Hall–Kier alpha value is -4.70. The van der Waals surface area contributed by atoms with E-state index in [1.54, 1.807) is 30.2 Å². The Kier molecular flexibility index (Phi) is 7.86. The van der Waals surface area contributed by atoms with Gasteiger partial charge >= 0.3 is 12.2 Å². The predicted octanol–water partition coefficient (Wildman–Crippen LogP) is 7.68. The molecule has 43 heavy (non-hydrogen) atoms. The Morgan fingerprint density at radius 2 is 1.72 bits per heavy atom. The maximum Gasteiger partial charge on any atom is 0.416 e. The standard InChI is InChI=1S/C33H31F3N6O/c1-41-30(25-8-7-23-11-14-37-20-27(23)17-25)19-31(40-41)39-32(43)38-28-10-9-26(29(18-28)33(34,35)36)21-42-15-12-24(13-16-42)22-5-3-2-4-6-22/h2-11,14,17-20,24H,12-13,15-16,21H2,1H3,(H2,38,39,40,43). The van der Waals surface area contributed by atoms with E-state index in [9.17, 15) is 18.0 Å². The van der Waals surface area contributed by atoms with Gasteiger partial charge in [0.2, 0.25) is 0 Å². The van der Waals surface area contributed by atoms with E-state index < -0.39 is 17.8 Å². The molecule has 3 heterocycles. The molecule has 1 aliphatic heterocycles. The normalized spacial score (nSPS) is 14.6. The first kappa shape index (κ1) is 28.4. The first-order chi connectivity index (χ1) is 20.7. The number of piperidine rings is 1. The maximum atomic E-state index is 14.1. The van der Waals surface area contributed by atoms with Gasteiger partial charge in [0, 0.05) is 48.7 Å². The molecule has 1 aliphatic rings. The van der Waals surface area contributed by atoms with Gasteiger partial charge in [0.25, 0.3) is 0 Å². The average molecular weight is 585 g/mol. The van der Waals surface area contributed by atoms with Crippen LogP contribution in [0.1, 0.15) is 35.4 Å². The van der Waals surface area contributed by atoms with Crippen molar-refractivity contribution in [2.24, 2.45) is 7.05 Å². The highest BCUT2D eigenvalue weighted by Crippen LogP contribution is 2.36. The maximum absolute atomic E-state index is 14.1. The van der Waals surface area contributed by atoms with E-state index in [-0.39, 0.29) is 23.6 Å². The van der Waals surface area contributed by atoms with Gasteiger partial charge in [0.1, 0.15) is 0 Å². The molecule has 220 valence electrons. The highest BCUT2D eigenvalue weighted by molar-refractivity contribution is 5.99. The molecule has 0 atom stereocenters. The van der Waals surface area contributed by atoms with Gasteiger partial charge in [0.05, 0.1) is 11.3 Å². The molecule has 0 saturated carbocycles. The van der Waals surface area contributed by atoms with E-state index >= 15 is 0 Å². The summed E-state index contributed by atoms with van der Waals surface area (Å²) in [4.78, 5) is 19.0. The number of halogens is 3. The van der Waals surface area contributed by atoms with Gasteiger partial charge < -0.3 is 5.32 Å². The minimum Gasteiger partial charge on any atom is -0.308 e. The van der Waals surface area contributed by atoms with Crippen LogP contribution in [0.5, 0.6) is 0 Å². The van der Waals surface area contributed by atoms with Crippen molar-refractivity contribution in [1.82, 2.24) is 19.7 Å². The quantitative estimate of drug-likeness (QED) is 0.215. The highest BCUT2D eigenvalue weighted by atomic mass is 19.4. The van der Waals surface area contributed by atoms with Crippen LogP contribution in [0.2, 0.25) is 0 Å². The lowest BCUT2D eigenvalue weighted by Gasteiger charge is -2.32. The Morgan fingerprint density at radius 3 is 2.49 bits per heavy atom. The second-order valence-electron chi connectivity index (χ2n) is 10.9. The summed E-state index contributed by atoms with van der Waals surface area (Å²) in [5.41, 5.74) is 2.42. The molecular weight excluding hydrogens is 553 g/mol. The molecule has 0 aliphatic carbocycles. The summed E-state index contributed by atoms with van der Waals surface area (Å²) in [5.74, 6) is 0.692. The summed E-state index contributed by atoms with van der Waals surface area (Å²) < 4.78 is 43.9. The van der Waals surface area contributed by atoms with Crippen molar-refractivity contribution in [2.75, 3.05) is 23.7 Å². The van der Waals surface area contributed by atoms with Crippen molar-refractivity contribution >= 4 is 28.3 Å². The second kappa shape index (κ2) is 11.9. The third-order valence-electron chi connectivity index (χ3n) is 7.98. The number of benzene rings is 3. The van der Waals surface area contributed by atoms with Crippen molar-refractivity contribution < 1.29 is 18.0 Å². The number of rotatable bonds is 6. The van der Waals surface area contributed by atoms with Crippen LogP contribution in [0.3, 0.4) is 0 Å². The van der Waals surface area contributed by atoms with E-state index in [1.165, 1.54) is 17.7 Å². The number of nitrogens with one attached hydrogen (secondary N) is 2. The molecule has 2 amide bonds. The number of fused-ring (bicyclic) bond motifs is 1. The fourth-order valence-corrected chi connectivity index (χ4v) is 5.77. The summed E-state index contributed by atoms with van der Waals surface area (Å²) in [6, 6.07) is 23.1. The number of carbonyl (C=O) groups excluding carboxylic acids is 1. The minimum atomic E-state index is -4.56. The SMILES string of the molecule is Cn1nc(NC(=O)Nc2ccc(CN3CCC(c4ccccc4)CC3)c(C(F)(F)F)c2)cc1-c1ccc2ccncc2c1. The number of likely N-dealkylation sites (tertiary alicyclic amines) is 1. The van der Waals surface area contributed by atoms with Crippen LogP contribution in [0.4, 0.5) is 29.5 Å². The molecule has 1 fully saturated rings. The molecule has 7 nitrogen and oxygen atoms in total. The predicted molar refractivity (Wildman–Crippen MR) is 162 cm³/mol. The van der Waals surface area contributed by atoms with Crippen LogP contribution >= 0.6 is 0 Å². The van der Waals surface area contributed by atoms with Crippen molar-refractivity contribution in [1.29, 1.82) is 0 Å². The largest absolute Gasteiger partial charge is 0.416 e. The van der Waals surface area contributed by atoms with Crippen molar-refractivity contribution in [2.45, 2.75) is 31.5 Å². The summed E-state index contributed by atoms with van der Waals surface area (Å²) in [6.07, 6.45) is 0.748. The molecular formula is C33H31F3N6O. The average Bonchev–Trinajstić information content (AvgIpc) is 3.37. The zero-order chi connectivity index (χ0) is 30.0. The molecule has 3 aromatic carbocycles. The summed E-state index contributed by atoms with van der Waals surface area (Å²) >= 11 is 0. The number of alkyl halides is 3. The third kappa shape index (κ3) is 6.54. The fourth-order valence-electron chi connectivity index (χ4n) is 5.77. The van der Waals surface area contributed by atoms with E-state index in [1.807, 2.05) is 42.5 Å². The van der Waals surface area contributed by atoms with Gasteiger partial charge in [-0.1, -0.05) is 48.5 Å². The van der Waals surface area contributed by atoms with Crippen molar-refractivity contribution in [3.05, 3.63) is 108 Å². The van der Waals surface area contributed by atoms with Gasteiger partial charge in [0.15, 0.2) is 5.82 Å². The second-order valence-corrected chi connectivity index (χ2v) is 10.9. The molecule has 10 heteroatoms. The number of hydrogen-bond acceptors (Lipinski definition) is 4. The zero-order valence-electron chi connectivity index (χ0n) is 23.6. The molecule has 2 N–H and O–H groups in total. The molecule has 0 spiro atoms. The fraction of sp³-hybridized carbons (Fsp3) is 0.242.